The van der Waals surface area contributed by atoms with Gasteiger partial charge in [0.05, 0.1) is 11.3 Å². The molecule has 0 radical (unpaired) electrons. The number of carbonyl (C=O) groups is 1. The Morgan fingerprint density at radius 1 is 1.37 bits per heavy atom. The number of hydrogen-bond donors (Lipinski definition) is 1. The van der Waals surface area contributed by atoms with E-state index in [2.05, 4.69) is 0 Å². The molecule has 2 bridgehead atoms. The Labute approximate surface area is 116 Å². The molecular weight excluding hydrogens is 262 g/mol. The van der Waals surface area contributed by atoms with E-state index in [1.807, 2.05) is 24.5 Å². The Hall–Kier alpha value is -1.30. The fourth-order valence-electron chi connectivity index (χ4n) is 2.52. The van der Waals surface area contributed by atoms with Crippen LogP contribution in [0.4, 0.5) is 0 Å². The van der Waals surface area contributed by atoms with Crippen molar-refractivity contribution in [3.05, 3.63) is 48.0 Å². The molecule has 0 saturated carbocycles. The minimum absolute atomic E-state index is 0.0630. The van der Waals surface area contributed by atoms with Crippen molar-refractivity contribution in [2.75, 3.05) is 6.26 Å². The van der Waals surface area contributed by atoms with Crippen LogP contribution in [0.1, 0.15) is 11.7 Å². The predicted molar refractivity (Wildman–Crippen MR) is 73.4 cm³/mol. The van der Waals surface area contributed by atoms with Crippen molar-refractivity contribution in [1.29, 1.82) is 0 Å². The summed E-state index contributed by atoms with van der Waals surface area (Å²) in [6, 6.07) is 8.84. The molecule has 1 fully saturated rings. The van der Waals surface area contributed by atoms with E-state index in [0.717, 1.165) is 0 Å². The van der Waals surface area contributed by atoms with E-state index in [4.69, 9.17) is 4.84 Å². The van der Waals surface area contributed by atoms with Gasteiger partial charge in [0.1, 0.15) is 6.10 Å². The number of fused-ring (bicyclic) bond motifs is 2. The molecule has 0 unspecified atom stereocenters. The molecule has 3 rings (SSSR count). The molecule has 1 heterocycles. The van der Waals surface area contributed by atoms with Gasteiger partial charge in [-0.1, -0.05) is 42.5 Å². The third-order valence-corrected chi connectivity index (χ3v) is 4.59. The molecule has 0 aromatic heterocycles. The van der Waals surface area contributed by atoms with Crippen LogP contribution in [0.25, 0.3) is 0 Å². The summed E-state index contributed by atoms with van der Waals surface area (Å²) in [5, 5.41) is 11.7. The Morgan fingerprint density at radius 3 is 2.74 bits per heavy atom. The summed E-state index contributed by atoms with van der Waals surface area (Å²) in [4.78, 5) is 17.9. The summed E-state index contributed by atoms with van der Waals surface area (Å²) in [5.41, 5.74) is 0.587. The average Bonchev–Trinajstić information content (AvgIpc) is 3.03. The lowest BCUT2D eigenvalue weighted by Crippen LogP contribution is -2.39. The highest BCUT2D eigenvalue weighted by atomic mass is 32.2. The molecule has 2 aliphatic rings. The molecule has 1 aromatic carbocycles. The van der Waals surface area contributed by atoms with E-state index in [1.54, 1.807) is 36.0 Å². The maximum atomic E-state index is 12.3. The molecule has 1 N–H and O–H groups in total. The van der Waals surface area contributed by atoms with Crippen molar-refractivity contribution in [3.8, 4) is 0 Å². The van der Waals surface area contributed by atoms with Crippen molar-refractivity contribution in [1.82, 2.24) is 5.06 Å². The molecule has 4 atom stereocenters. The van der Waals surface area contributed by atoms with Crippen molar-refractivity contribution < 1.29 is 14.7 Å². The van der Waals surface area contributed by atoms with E-state index < -0.39 is 12.0 Å². The van der Waals surface area contributed by atoms with Crippen LogP contribution in [-0.4, -0.2) is 39.7 Å². The van der Waals surface area contributed by atoms with Gasteiger partial charge in [0.2, 0.25) is 0 Å². The summed E-state index contributed by atoms with van der Waals surface area (Å²) in [6.45, 7) is 0. The summed E-state index contributed by atoms with van der Waals surface area (Å²) in [7, 11) is 0. The van der Waals surface area contributed by atoms with Crippen LogP contribution in [-0.2, 0) is 9.63 Å². The molecule has 1 aliphatic carbocycles. The van der Waals surface area contributed by atoms with E-state index in [1.165, 1.54) is 5.06 Å². The van der Waals surface area contributed by atoms with Gasteiger partial charge in [-0.05, 0) is 11.8 Å². The molecule has 1 amide bonds. The molecule has 19 heavy (non-hydrogen) atoms. The number of thioether (sulfide) groups is 1. The highest BCUT2D eigenvalue weighted by Gasteiger charge is 2.48. The van der Waals surface area contributed by atoms with Gasteiger partial charge in [0.25, 0.3) is 5.91 Å². The normalized spacial score (nSPS) is 29.8. The van der Waals surface area contributed by atoms with Crippen molar-refractivity contribution in [2.24, 2.45) is 0 Å². The van der Waals surface area contributed by atoms with Gasteiger partial charge in [-0.2, -0.15) is 11.8 Å². The standard InChI is InChI=1S/C14H15NO3S/c1-19-13-10-7-8-11(13)18-15(10)14(17)12(16)9-5-3-2-4-6-9/h2-8,10-13,16H,1H3/t10-,11+,12+,13+/m0/s1. The highest BCUT2D eigenvalue weighted by molar-refractivity contribution is 7.99. The number of aliphatic hydroxyl groups excluding tert-OH is 1. The van der Waals surface area contributed by atoms with Gasteiger partial charge < -0.3 is 5.11 Å². The Balaban J connectivity index is 1.77. The van der Waals surface area contributed by atoms with E-state index >= 15 is 0 Å². The second-order valence-electron chi connectivity index (χ2n) is 4.62. The first kappa shape index (κ1) is 12.7. The lowest BCUT2D eigenvalue weighted by atomic mass is 10.1. The Bertz CT molecular complexity index is 505. The first-order valence-corrected chi connectivity index (χ1v) is 7.45. The number of hydroxylamine groups is 2. The minimum atomic E-state index is -1.17. The zero-order valence-corrected chi connectivity index (χ0v) is 11.3. The van der Waals surface area contributed by atoms with Crippen LogP contribution >= 0.6 is 11.8 Å². The van der Waals surface area contributed by atoms with Crippen molar-refractivity contribution >= 4 is 17.7 Å². The van der Waals surface area contributed by atoms with Gasteiger partial charge >= 0.3 is 0 Å². The molecule has 0 spiro atoms. The van der Waals surface area contributed by atoms with Crippen molar-refractivity contribution in [2.45, 2.75) is 23.5 Å². The Kier molecular flexibility index (Phi) is 3.35. The quantitative estimate of drug-likeness (QED) is 0.851. The molecule has 100 valence electrons. The van der Waals surface area contributed by atoms with Crippen LogP contribution in [0.5, 0.6) is 0 Å². The molecule has 1 saturated heterocycles. The topological polar surface area (TPSA) is 49.8 Å². The molecule has 5 heteroatoms. The maximum absolute atomic E-state index is 12.3. The SMILES string of the molecule is CS[C@H]1[C@H]2C=C[C@@H]1N(C(=O)[C@H](O)c1ccccc1)O2. The molecular formula is C14H15NO3S. The summed E-state index contributed by atoms with van der Waals surface area (Å²) < 4.78 is 0. The first-order valence-electron chi connectivity index (χ1n) is 6.16. The monoisotopic (exact) mass is 277 g/mol. The predicted octanol–water partition coefficient (Wildman–Crippen LogP) is 1.53. The van der Waals surface area contributed by atoms with Crippen LogP contribution in [0.3, 0.4) is 0 Å². The van der Waals surface area contributed by atoms with E-state index in [9.17, 15) is 9.90 Å². The molecule has 1 aliphatic heterocycles. The minimum Gasteiger partial charge on any atom is -0.378 e. The third kappa shape index (κ3) is 2.08. The van der Waals surface area contributed by atoms with Gasteiger partial charge in [-0.15, -0.1) is 0 Å². The second kappa shape index (κ2) is 5.00. The summed E-state index contributed by atoms with van der Waals surface area (Å²) >= 11 is 1.68. The maximum Gasteiger partial charge on any atom is 0.280 e. The van der Waals surface area contributed by atoms with Crippen LogP contribution in [0.2, 0.25) is 0 Å². The third-order valence-electron chi connectivity index (χ3n) is 3.50. The highest BCUT2D eigenvalue weighted by Crippen LogP contribution is 2.38. The lowest BCUT2D eigenvalue weighted by Gasteiger charge is -2.25. The number of nitrogens with zero attached hydrogens (tertiary/aromatic N) is 1. The number of benzene rings is 1. The average molecular weight is 277 g/mol. The number of aliphatic hydroxyl groups is 1. The van der Waals surface area contributed by atoms with Crippen LogP contribution in [0, 0.1) is 0 Å². The summed E-state index contributed by atoms with van der Waals surface area (Å²) in [5.74, 6) is -0.401. The van der Waals surface area contributed by atoms with E-state index in [0.29, 0.717) is 5.56 Å². The molecule has 4 nitrogen and oxygen atoms in total. The van der Waals surface area contributed by atoms with Crippen molar-refractivity contribution in [3.63, 3.8) is 0 Å². The smallest absolute Gasteiger partial charge is 0.280 e. The number of amides is 1. The lowest BCUT2D eigenvalue weighted by molar-refractivity contribution is -0.191. The van der Waals surface area contributed by atoms with Gasteiger partial charge in [0.15, 0.2) is 6.10 Å². The van der Waals surface area contributed by atoms with E-state index in [-0.39, 0.29) is 17.4 Å². The first-order chi connectivity index (χ1) is 9.22. The van der Waals surface area contributed by atoms with Crippen LogP contribution in [0.15, 0.2) is 42.5 Å². The van der Waals surface area contributed by atoms with Gasteiger partial charge in [-0.3, -0.25) is 9.63 Å². The van der Waals surface area contributed by atoms with Crippen LogP contribution < -0.4 is 0 Å². The van der Waals surface area contributed by atoms with Gasteiger partial charge in [-0.25, -0.2) is 5.06 Å². The fourth-order valence-corrected chi connectivity index (χ4v) is 3.40. The number of rotatable bonds is 3. The zero-order valence-electron chi connectivity index (χ0n) is 10.5. The second-order valence-corrected chi connectivity index (χ2v) is 5.64. The largest absolute Gasteiger partial charge is 0.378 e. The summed E-state index contributed by atoms with van der Waals surface area (Å²) in [6.07, 6.45) is 4.72. The fraction of sp³-hybridized carbons (Fsp3) is 0.357. The number of carbonyl (C=O) groups excluding carboxylic acids is 1. The zero-order chi connectivity index (χ0) is 13.4. The molecule has 1 aromatic rings. The number of hydrogen-bond acceptors (Lipinski definition) is 4. The van der Waals surface area contributed by atoms with Gasteiger partial charge in [0, 0.05) is 0 Å². The Morgan fingerprint density at radius 2 is 2.11 bits per heavy atom.